The van der Waals surface area contributed by atoms with Gasteiger partial charge in [0.2, 0.25) is 0 Å². The van der Waals surface area contributed by atoms with E-state index in [2.05, 4.69) is 74.8 Å². The number of aromatic nitrogens is 4. The average molecular weight is 472 g/mol. The molecule has 8 heteroatoms. The number of nitrogens with zero attached hydrogens (tertiary/aromatic N) is 6. The fourth-order valence-corrected chi connectivity index (χ4v) is 4.47. The van der Waals surface area contributed by atoms with Gasteiger partial charge in [-0.3, -0.25) is 0 Å². The van der Waals surface area contributed by atoms with Crippen LogP contribution in [0, 0.1) is 0 Å². The molecule has 0 bridgehead atoms. The molecule has 1 saturated heterocycles. The summed E-state index contributed by atoms with van der Waals surface area (Å²) in [5.41, 5.74) is 3.95. The largest absolute Gasteiger partial charge is 0.492 e. The van der Waals surface area contributed by atoms with Crippen LogP contribution in [0.5, 0.6) is 5.75 Å². The maximum Gasteiger partial charge on any atom is 0.166 e. The van der Waals surface area contributed by atoms with E-state index in [9.17, 15) is 0 Å². The number of para-hydroxylation sites is 1. The summed E-state index contributed by atoms with van der Waals surface area (Å²) in [5.74, 6) is 2.49. The van der Waals surface area contributed by atoms with E-state index in [1.807, 2.05) is 30.3 Å². The van der Waals surface area contributed by atoms with Crippen LogP contribution in [0.15, 0.2) is 60.9 Å². The SMILES string of the molecule is CC(C)n1c(-c2ccc(N3CCN(C)CC3)cc2)nc2c(NCCOc3ccccc3)ncnc21. The number of benzene rings is 2. The minimum Gasteiger partial charge on any atom is -0.492 e. The van der Waals surface area contributed by atoms with E-state index >= 15 is 0 Å². The summed E-state index contributed by atoms with van der Waals surface area (Å²) in [4.78, 5) is 18.9. The molecule has 4 aromatic rings. The molecule has 0 amide bonds. The smallest absolute Gasteiger partial charge is 0.166 e. The molecule has 182 valence electrons. The van der Waals surface area contributed by atoms with Gasteiger partial charge in [-0.25, -0.2) is 15.0 Å². The number of hydrogen-bond acceptors (Lipinski definition) is 7. The minimum absolute atomic E-state index is 0.205. The second kappa shape index (κ2) is 10.3. The zero-order chi connectivity index (χ0) is 24.2. The standard InChI is InChI=1S/C27H33N7O/c1-20(2)34-26(21-9-11-22(12-10-21)33-16-14-32(3)15-17-33)31-24-25(29-19-30-27(24)34)28-13-18-35-23-7-5-4-6-8-23/h4-12,19-20H,13-18H2,1-3H3,(H,28,29,30). The van der Waals surface area contributed by atoms with Crippen molar-refractivity contribution in [2.45, 2.75) is 19.9 Å². The van der Waals surface area contributed by atoms with Crippen LogP contribution in [-0.4, -0.2) is 70.8 Å². The number of rotatable bonds is 8. The van der Waals surface area contributed by atoms with Gasteiger partial charge in [0.25, 0.3) is 0 Å². The van der Waals surface area contributed by atoms with Gasteiger partial charge in [0.15, 0.2) is 17.0 Å². The molecule has 1 N–H and O–H groups in total. The molecule has 0 saturated carbocycles. The normalized spacial score (nSPS) is 14.6. The van der Waals surface area contributed by atoms with Gasteiger partial charge in [0.05, 0.1) is 6.54 Å². The van der Waals surface area contributed by atoms with Crippen LogP contribution in [0.25, 0.3) is 22.6 Å². The lowest BCUT2D eigenvalue weighted by atomic mass is 10.1. The third-order valence-corrected chi connectivity index (χ3v) is 6.39. The molecule has 2 aromatic carbocycles. The summed E-state index contributed by atoms with van der Waals surface area (Å²) in [5, 5.41) is 3.38. The first-order valence-electron chi connectivity index (χ1n) is 12.3. The first-order chi connectivity index (χ1) is 17.1. The highest BCUT2D eigenvalue weighted by molar-refractivity contribution is 5.86. The predicted octanol–water partition coefficient (Wildman–Crippen LogP) is 4.32. The highest BCUT2D eigenvalue weighted by Crippen LogP contribution is 2.31. The second-order valence-corrected chi connectivity index (χ2v) is 9.22. The zero-order valence-electron chi connectivity index (χ0n) is 20.7. The Kier molecular flexibility index (Phi) is 6.81. The number of ether oxygens (including phenoxy) is 1. The van der Waals surface area contributed by atoms with E-state index in [1.54, 1.807) is 6.33 Å². The van der Waals surface area contributed by atoms with Crippen molar-refractivity contribution in [2.24, 2.45) is 0 Å². The number of piperazine rings is 1. The number of imidazole rings is 1. The molecule has 0 radical (unpaired) electrons. The molecule has 0 aliphatic carbocycles. The van der Waals surface area contributed by atoms with E-state index in [0.29, 0.717) is 13.2 Å². The highest BCUT2D eigenvalue weighted by Gasteiger charge is 2.20. The van der Waals surface area contributed by atoms with Crippen LogP contribution >= 0.6 is 0 Å². The lowest BCUT2D eigenvalue weighted by Crippen LogP contribution is -2.44. The third-order valence-electron chi connectivity index (χ3n) is 6.39. The quantitative estimate of drug-likeness (QED) is 0.384. The van der Waals surface area contributed by atoms with E-state index in [4.69, 9.17) is 9.72 Å². The molecule has 1 aliphatic heterocycles. The predicted molar refractivity (Wildman–Crippen MR) is 141 cm³/mol. The van der Waals surface area contributed by atoms with Gasteiger partial charge < -0.3 is 24.4 Å². The van der Waals surface area contributed by atoms with Crippen molar-refractivity contribution in [1.82, 2.24) is 24.4 Å². The molecule has 0 atom stereocenters. The number of nitrogens with one attached hydrogen (secondary N) is 1. The third kappa shape index (κ3) is 5.07. The van der Waals surface area contributed by atoms with Crippen LogP contribution in [-0.2, 0) is 0 Å². The molecular formula is C27H33N7O. The van der Waals surface area contributed by atoms with E-state index in [0.717, 1.165) is 60.3 Å². The first kappa shape index (κ1) is 23.1. The Hall–Kier alpha value is -3.65. The van der Waals surface area contributed by atoms with Gasteiger partial charge in [0, 0.05) is 43.5 Å². The van der Waals surface area contributed by atoms with Crippen LogP contribution in [0.2, 0.25) is 0 Å². The molecule has 0 spiro atoms. The van der Waals surface area contributed by atoms with E-state index < -0.39 is 0 Å². The topological polar surface area (TPSA) is 71.3 Å². The molecule has 3 heterocycles. The molecule has 5 rings (SSSR count). The van der Waals surface area contributed by atoms with Crippen molar-refractivity contribution in [3.8, 4) is 17.1 Å². The van der Waals surface area contributed by atoms with Crippen molar-refractivity contribution in [3.05, 3.63) is 60.9 Å². The summed E-state index contributed by atoms with van der Waals surface area (Å²) in [6.07, 6.45) is 1.60. The van der Waals surface area contributed by atoms with E-state index in [1.165, 1.54) is 5.69 Å². The fraction of sp³-hybridized carbons (Fsp3) is 0.370. The second-order valence-electron chi connectivity index (χ2n) is 9.22. The van der Waals surface area contributed by atoms with Crippen molar-refractivity contribution in [1.29, 1.82) is 0 Å². The number of fused-ring (bicyclic) bond motifs is 1. The van der Waals surface area contributed by atoms with Crippen LogP contribution < -0.4 is 15.0 Å². The zero-order valence-corrected chi connectivity index (χ0v) is 20.7. The van der Waals surface area contributed by atoms with Crippen LogP contribution in [0.4, 0.5) is 11.5 Å². The monoisotopic (exact) mass is 471 g/mol. The van der Waals surface area contributed by atoms with Crippen molar-refractivity contribution >= 4 is 22.7 Å². The fourth-order valence-electron chi connectivity index (χ4n) is 4.47. The summed E-state index contributed by atoms with van der Waals surface area (Å²) < 4.78 is 7.99. The lowest BCUT2D eigenvalue weighted by Gasteiger charge is -2.34. The molecule has 0 unspecified atom stereocenters. The summed E-state index contributed by atoms with van der Waals surface area (Å²) >= 11 is 0. The van der Waals surface area contributed by atoms with Gasteiger partial charge >= 0.3 is 0 Å². The number of likely N-dealkylation sites (N-methyl/N-ethyl adjacent to an activating group) is 1. The van der Waals surface area contributed by atoms with Crippen molar-refractivity contribution in [3.63, 3.8) is 0 Å². The average Bonchev–Trinajstić information content (AvgIpc) is 3.29. The van der Waals surface area contributed by atoms with Gasteiger partial charge in [-0.15, -0.1) is 0 Å². The van der Waals surface area contributed by atoms with Crippen molar-refractivity contribution in [2.75, 3.05) is 56.6 Å². The molecule has 2 aromatic heterocycles. The Bertz CT molecular complexity index is 1250. The highest BCUT2D eigenvalue weighted by atomic mass is 16.5. The summed E-state index contributed by atoms with van der Waals surface area (Å²) in [6.45, 7) is 9.76. The molecule has 8 nitrogen and oxygen atoms in total. The van der Waals surface area contributed by atoms with E-state index in [-0.39, 0.29) is 6.04 Å². The Morgan fingerprint density at radius 1 is 0.943 bits per heavy atom. The number of anilines is 2. The van der Waals surface area contributed by atoms with Gasteiger partial charge in [0.1, 0.15) is 24.5 Å². The van der Waals surface area contributed by atoms with Crippen molar-refractivity contribution < 1.29 is 4.74 Å². The first-order valence-corrected chi connectivity index (χ1v) is 12.3. The Morgan fingerprint density at radius 3 is 2.40 bits per heavy atom. The maximum absolute atomic E-state index is 5.81. The van der Waals surface area contributed by atoms with Gasteiger partial charge in [-0.1, -0.05) is 18.2 Å². The molecule has 35 heavy (non-hydrogen) atoms. The summed E-state index contributed by atoms with van der Waals surface area (Å²) in [6, 6.07) is 18.8. The molecular weight excluding hydrogens is 438 g/mol. The molecule has 1 aliphatic rings. The summed E-state index contributed by atoms with van der Waals surface area (Å²) in [7, 11) is 2.18. The lowest BCUT2D eigenvalue weighted by molar-refractivity contribution is 0.313. The van der Waals surface area contributed by atoms with Gasteiger partial charge in [-0.05, 0) is 57.3 Å². The number of hydrogen-bond donors (Lipinski definition) is 1. The Balaban J connectivity index is 1.37. The van der Waals surface area contributed by atoms with Gasteiger partial charge in [-0.2, -0.15) is 0 Å². The van der Waals surface area contributed by atoms with Crippen LogP contribution in [0.1, 0.15) is 19.9 Å². The minimum atomic E-state index is 0.205. The molecule has 1 fully saturated rings. The maximum atomic E-state index is 5.81. The van der Waals surface area contributed by atoms with Crippen LogP contribution in [0.3, 0.4) is 0 Å². The Morgan fingerprint density at radius 2 is 1.69 bits per heavy atom. The Labute approximate surface area is 206 Å².